The highest BCUT2D eigenvalue weighted by atomic mass is 16.2. The van der Waals surface area contributed by atoms with E-state index >= 15 is 0 Å². The fourth-order valence-electron chi connectivity index (χ4n) is 3.30. The first kappa shape index (κ1) is 16.4. The number of benzene rings is 2. The number of anilines is 1. The van der Waals surface area contributed by atoms with Crippen molar-refractivity contribution in [2.75, 3.05) is 24.5 Å². The van der Waals surface area contributed by atoms with E-state index in [0.29, 0.717) is 13.1 Å². The molecule has 0 bridgehead atoms. The molecule has 1 aromatic heterocycles. The molecule has 26 heavy (non-hydrogen) atoms. The van der Waals surface area contributed by atoms with Crippen molar-refractivity contribution in [3.05, 3.63) is 78.4 Å². The van der Waals surface area contributed by atoms with Gasteiger partial charge in [0.25, 0.3) is 0 Å². The number of imidazole rings is 1. The van der Waals surface area contributed by atoms with E-state index in [1.54, 1.807) is 0 Å². The molecular weight excluding hydrogens is 324 g/mol. The Morgan fingerprint density at radius 2 is 1.69 bits per heavy atom. The predicted molar refractivity (Wildman–Crippen MR) is 102 cm³/mol. The number of hydrogen-bond acceptors (Lipinski definition) is 3. The molecule has 0 aliphatic carbocycles. The van der Waals surface area contributed by atoms with Gasteiger partial charge in [-0.3, -0.25) is 4.79 Å². The van der Waals surface area contributed by atoms with Crippen molar-refractivity contribution < 1.29 is 4.79 Å². The maximum atomic E-state index is 12.5. The van der Waals surface area contributed by atoms with E-state index in [2.05, 4.69) is 46.3 Å². The van der Waals surface area contributed by atoms with E-state index in [9.17, 15) is 4.79 Å². The highest BCUT2D eigenvalue weighted by Gasteiger charge is 2.24. The van der Waals surface area contributed by atoms with E-state index in [-0.39, 0.29) is 5.91 Å². The first-order valence-electron chi connectivity index (χ1n) is 8.87. The number of aryl methyl sites for hydroxylation is 1. The molecule has 1 fully saturated rings. The van der Waals surface area contributed by atoms with Crippen molar-refractivity contribution in [1.82, 2.24) is 14.5 Å². The highest BCUT2D eigenvalue weighted by Crippen LogP contribution is 2.20. The maximum absolute atomic E-state index is 12.5. The van der Waals surface area contributed by atoms with Gasteiger partial charge in [-0.1, -0.05) is 30.3 Å². The van der Waals surface area contributed by atoms with Crippen LogP contribution in [0.15, 0.2) is 67.1 Å². The van der Waals surface area contributed by atoms with Crippen LogP contribution >= 0.6 is 0 Å². The summed E-state index contributed by atoms with van der Waals surface area (Å²) in [5, 5.41) is 0. The molecular formula is C21H22N4O. The molecule has 1 amide bonds. The van der Waals surface area contributed by atoms with Crippen LogP contribution in [-0.2, 0) is 11.3 Å². The topological polar surface area (TPSA) is 41.4 Å². The second kappa shape index (κ2) is 7.04. The second-order valence-electron chi connectivity index (χ2n) is 6.66. The van der Waals surface area contributed by atoms with E-state index < -0.39 is 0 Å². The van der Waals surface area contributed by atoms with Crippen molar-refractivity contribution >= 4 is 11.6 Å². The van der Waals surface area contributed by atoms with Gasteiger partial charge >= 0.3 is 0 Å². The molecule has 0 N–H and O–H groups in total. The molecule has 5 heteroatoms. The number of nitrogens with zero attached hydrogens (tertiary/aromatic N) is 4. The Hall–Kier alpha value is -3.08. The van der Waals surface area contributed by atoms with Crippen LogP contribution in [0.1, 0.15) is 11.3 Å². The van der Waals surface area contributed by atoms with E-state index in [4.69, 9.17) is 0 Å². The normalized spacial score (nSPS) is 14.7. The zero-order valence-electron chi connectivity index (χ0n) is 14.9. The fourth-order valence-corrected chi connectivity index (χ4v) is 3.30. The Kier molecular flexibility index (Phi) is 4.44. The van der Waals surface area contributed by atoms with Gasteiger partial charge in [0.1, 0.15) is 0 Å². The van der Waals surface area contributed by atoms with Gasteiger partial charge in [-0.25, -0.2) is 4.98 Å². The van der Waals surface area contributed by atoms with Crippen molar-refractivity contribution in [1.29, 1.82) is 0 Å². The quantitative estimate of drug-likeness (QED) is 0.729. The molecule has 132 valence electrons. The Bertz CT molecular complexity index is 886. The largest absolute Gasteiger partial charge is 0.360 e. The number of carbonyl (C=O) groups is 1. The van der Waals surface area contributed by atoms with Crippen molar-refractivity contribution in [2.45, 2.75) is 13.5 Å². The minimum absolute atomic E-state index is 0.175. The lowest BCUT2D eigenvalue weighted by atomic mass is 10.2. The Balaban J connectivity index is 1.41. The lowest BCUT2D eigenvalue weighted by Crippen LogP contribution is -2.50. The van der Waals surface area contributed by atoms with Gasteiger partial charge in [0.15, 0.2) is 0 Å². The van der Waals surface area contributed by atoms with Crippen molar-refractivity contribution in [3.8, 4) is 5.69 Å². The lowest BCUT2D eigenvalue weighted by molar-refractivity contribution is -0.131. The number of amides is 1. The zero-order valence-corrected chi connectivity index (χ0v) is 14.9. The molecule has 0 atom stereocenters. The first-order valence-corrected chi connectivity index (χ1v) is 8.87. The number of carbonyl (C=O) groups excluding carboxylic acids is 1. The molecule has 2 heterocycles. The molecule has 0 saturated carbocycles. The minimum atomic E-state index is 0.175. The van der Waals surface area contributed by atoms with Crippen LogP contribution in [0.25, 0.3) is 5.69 Å². The van der Waals surface area contributed by atoms with Gasteiger partial charge in [-0.2, -0.15) is 0 Å². The smallest absolute Gasteiger partial charge is 0.242 e. The summed E-state index contributed by atoms with van der Waals surface area (Å²) in [4.78, 5) is 20.9. The minimum Gasteiger partial charge on any atom is -0.360 e. The molecule has 0 radical (unpaired) electrons. The van der Waals surface area contributed by atoms with E-state index in [1.807, 2.05) is 47.1 Å². The SMILES string of the molecule is Cc1cn(-c2ccc(N3CCN(Cc4ccccc4)C(=O)C3)cc2)cn1. The van der Waals surface area contributed by atoms with Crippen molar-refractivity contribution in [3.63, 3.8) is 0 Å². The monoisotopic (exact) mass is 346 g/mol. The van der Waals surface area contributed by atoms with E-state index in [0.717, 1.165) is 30.2 Å². The van der Waals surface area contributed by atoms with Gasteiger partial charge in [0, 0.05) is 37.2 Å². The number of hydrogen-bond donors (Lipinski definition) is 0. The summed E-state index contributed by atoms with van der Waals surface area (Å²) in [7, 11) is 0. The number of piperazine rings is 1. The molecule has 0 spiro atoms. The number of aromatic nitrogens is 2. The molecule has 5 nitrogen and oxygen atoms in total. The van der Waals surface area contributed by atoms with Crippen LogP contribution < -0.4 is 4.90 Å². The summed E-state index contributed by atoms with van der Waals surface area (Å²) in [6.07, 6.45) is 3.82. The Morgan fingerprint density at radius 3 is 2.35 bits per heavy atom. The third kappa shape index (κ3) is 3.47. The maximum Gasteiger partial charge on any atom is 0.242 e. The van der Waals surface area contributed by atoms with Crippen LogP contribution in [-0.4, -0.2) is 40.0 Å². The summed E-state index contributed by atoms with van der Waals surface area (Å²) in [5.41, 5.74) is 4.32. The highest BCUT2D eigenvalue weighted by molar-refractivity contribution is 5.82. The molecule has 4 rings (SSSR count). The summed E-state index contributed by atoms with van der Waals surface area (Å²) < 4.78 is 2.00. The average Bonchev–Trinajstić information content (AvgIpc) is 3.11. The van der Waals surface area contributed by atoms with Crippen LogP contribution in [0, 0.1) is 6.92 Å². The molecule has 2 aromatic carbocycles. The van der Waals surface area contributed by atoms with Gasteiger partial charge < -0.3 is 14.4 Å². The summed E-state index contributed by atoms with van der Waals surface area (Å²) in [6, 6.07) is 18.4. The third-order valence-corrected chi connectivity index (χ3v) is 4.76. The number of rotatable bonds is 4. The second-order valence-corrected chi connectivity index (χ2v) is 6.66. The predicted octanol–water partition coefficient (Wildman–Crippen LogP) is 3.03. The van der Waals surface area contributed by atoms with Crippen LogP contribution in [0.4, 0.5) is 5.69 Å². The molecule has 3 aromatic rings. The van der Waals surface area contributed by atoms with Crippen LogP contribution in [0.5, 0.6) is 0 Å². The summed E-state index contributed by atoms with van der Waals surface area (Å²) >= 11 is 0. The average molecular weight is 346 g/mol. The molecule has 1 aliphatic heterocycles. The molecule has 1 saturated heterocycles. The Morgan fingerprint density at radius 1 is 0.962 bits per heavy atom. The summed E-state index contributed by atoms with van der Waals surface area (Å²) in [6.45, 7) is 4.69. The van der Waals surface area contributed by atoms with Gasteiger partial charge in [-0.05, 0) is 36.8 Å². The van der Waals surface area contributed by atoms with Crippen LogP contribution in [0.2, 0.25) is 0 Å². The van der Waals surface area contributed by atoms with Gasteiger partial charge in [-0.15, -0.1) is 0 Å². The Labute approximate surface area is 153 Å². The first-order chi connectivity index (χ1) is 12.7. The lowest BCUT2D eigenvalue weighted by Gasteiger charge is -2.35. The third-order valence-electron chi connectivity index (χ3n) is 4.76. The van der Waals surface area contributed by atoms with E-state index in [1.165, 1.54) is 5.56 Å². The van der Waals surface area contributed by atoms with Crippen LogP contribution in [0.3, 0.4) is 0 Å². The fraction of sp³-hybridized carbons (Fsp3) is 0.238. The summed E-state index contributed by atoms with van der Waals surface area (Å²) in [5.74, 6) is 0.175. The van der Waals surface area contributed by atoms with Gasteiger partial charge in [0.05, 0.1) is 18.6 Å². The zero-order chi connectivity index (χ0) is 17.9. The molecule has 0 unspecified atom stereocenters. The molecule has 1 aliphatic rings. The van der Waals surface area contributed by atoms with Gasteiger partial charge in [0.2, 0.25) is 5.91 Å². The standard InChI is InChI=1S/C21H22N4O/c1-17-13-25(16-22-17)20-9-7-19(8-10-20)23-11-12-24(21(26)15-23)14-18-5-3-2-4-6-18/h2-10,13,16H,11-12,14-15H2,1H3. The van der Waals surface area contributed by atoms with Crippen molar-refractivity contribution in [2.24, 2.45) is 0 Å².